The molecule has 1 aliphatic rings. The molecule has 1 heterocycles. The number of nitrogens with zero attached hydrogens (tertiary/aromatic N) is 2. The Morgan fingerprint density at radius 3 is 2.23 bits per heavy atom. The van der Waals surface area contributed by atoms with Gasteiger partial charge < -0.3 is 15.5 Å². The van der Waals surface area contributed by atoms with Crippen molar-refractivity contribution < 1.29 is 32.1 Å². The maximum atomic E-state index is 13.8. The van der Waals surface area contributed by atoms with Crippen molar-refractivity contribution in [1.82, 2.24) is 14.5 Å². The Morgan fingerprint density at radius 2 is 1.69 bits per heavy atom. The quantitative estimate of drug-likeness (QED) is 0.592. The molecular weight excluding hydrogens is 370 g/mol. The van der Waals surface area contributed by atoms with Gasteiger partial charge in [0.15, 0.2) is 18.0 Å². The molecule has 1 fully saturated rings. The van der Waals surface area contributed by atoms with Gasteiger partial charge >= 0.3 is 0 Å². The third kappa shape index (κ3) is 4.54. The Labute approximate surface area is 150 Å². The Morgan fingerprint density at radius 1 is 1.12 bits per heavy atom. The van der Waals surface area contributed by atoms with Crippen LogP contribution in [0.3, 0.4) is 0 Å². The van der Waals surface area contributed by atoms with Gasteiger partial charge in [-0.1, -0.05) is 6.07 Å². The molecule has 3 N–H and O–H groups in total. The zero-order chi connectivity index (χ0) is 19.3. The Kier molecular flexibility index (Phi) is 6.62. The summed E-state index contributed by atoms with van der Waals surface area (Å²) in [6.07, 6.45) is 0. The SMILES string of the molecule is CNC(=O)C[NH2+]CC(=O)N1CCN(S(=O)(=O)c2c(F)cccc2F)CC1. The van der Waals surface area contributed by atoms with Crippen LogP contribution >= 0.6 is 0 Å². The van der Waals surface area contributed by atoms with Crippen molar-refractivity contribution >= 4 is 21.8 Å². The van der Waals surface area contributed by atoms with E-state index in [0.717, 1.165) is 22.5 Å². The average molecular weight is 391 g/mol. The molecule has 2 amide bonds. The molecule has 0 aliphatic carbocycles. The first kappa shape index (κ1) is 20.2. The lowest BCUT2D eigenvalue weighted by Crippen LogP contribution is -2.88. The van der Waals surface area contributed by atoms with Crippen molar-refractivity contribution in [2.45, 2.75) is 4.90 Å². The van der Waals surface area contributed by atoms with Crippen LogP contribution in [0.1, 0.15) is 0 Å². The molecule has 2 rings (SSSR count). The number of halogens is 2. The molecule has 0 saturated carbocycles. The van der Waals surface area contributed by atoms with Gasteiger partial charge in [-0.25, -0.2) is 17.2 Å². The van der Waals surface area contributed by atoms with Gasteiger partial charge in [0.2, 0.25) is 10.0 Å². The standard InChI is InChI=1S/C15H20F2N4O4S/c1-18-13(22)9-19-10-14(23)20-5-7-21(8-6-20)26(24,25)15-11(16)3-2-4-12(15)17/h2-4,19H,5-10H2,1H3,(H,18,22)/p+1. The van der Waals surface area contributed by atoms with Crippen molar-refractivity contribution in [3.05, 3.63) is 29.8 Å². The van der Waals surface area contributed by atoms with E-state index in [1.54, 1.807) is 5.32 Å². The largest absolute Gasteiger partial charge is 0.354 e. The highest BCUT2D eigenvalue weighted by Crippen LogP contribution is 2.23. The summed E-state index contributed by atoms with van der Waals surface area (Å²) >= 11 is 0. The van der Waals surface area contributed by atoms with Gasteiger partial charge in [0.1, 0.15) is 11.6 Å². The minimum atomic E-state index is -4.32. The fraction of sp³-hybridized carbons (Fsp3) is 0.467. The summed E-state index contributed by atoms with van der Waals surface area (Å²) in [6.45, 7) is 0.281. The first-order valence-corrected chi connectivity index (χ1v) is 9.45. The number of quaternary nitrogens is 1. The van der Waals surface area contributed by atoms with Gasteiger partial charge in [0, 0.05) is 33.2 Å². The molecule has 0 unspecified atom stereocenters. The highest BCUT2D eigenvalue weighted by atomic mass is 32.2. The third-order valence-electron chi connectivity index (χ3n) is 4.04. The molecule has 0 bridgehead atoms. The smallest absolute Gasteiger partial charge is 0.277 e. The predicted molar refractivity (Wildman–Crippen MR) is 87.4 cm³/mol. The van der Waals surface area contributed by atoms with Crippen LogP contribution in [0, 0.1) is 11.6 Å². The summed E-state index contributed by atoms with van der Waals surface area (Å²) in [7, 11) is -2.82. The second-order valence-corrected chi connectivity index (χ2v) is 7.58. The molecule has 8 nitrogen and oxygen atoms in total. The maximum Gasteiger partial charge on any atom is 0.277 e. The number of nitrogens with one attached hydrogen (secondary N) is 1. The lowest BCUT2D eigenvalue weighted by molar-refractivity contribution is -0.633. The Balaban J connectivity index is 1.95. The van der Waals surface area contributed by atoms with Crippen LogP contribution in [-0.4, -0.2) is 75.8 Å². The number of nitrogens with two attached hydrogens (primary N) is 1. The van der Waals surface area contributed by atoms with Gasteiger partial charge in [-0.2, -0.15) is 4.31 Å². The van der Waals surface area contributed by atoms with E-state index in [-0.39, 0.29) is 51.1 Å². The number of piperazine rings is 1. The van der Waals surface area contributed by atoms with E-state index in [9.17, 15) is 26.8 Å². The van der Waals surface area contributed by atoms with E-state index in [2.05, 4.69) is 5.32 Å². The monoisotopic (exact) mass is 391 g/mol. The van der Waals surface area contributed by atoms with E-state index in [1.807, 2.05) is 0 Å². The summed E-state index contributed by atoms with van der Waals surface area (Å²) in [5, 5.41) is 3.98. The number of amides is 2. The normalized spacial score (nSPS) is 15.7. The first-order chi connectivity index (χ1) is 12.3. The van der Waals surface area contributed by atoms with E-state index >= 15 is 0 Å². The van der Waals surface area contributed by atoms with Crippen molar-refractivity contribution in [1.29, 1.82) is 0 Å². The van der Waals surface area contributed by atoms with Crippen molar-refractivity contribution in [3.63, 3.8) is 0 Å². The number of hydrogen-bond donors (Lipinski definition) is 2. The number of likely N-dealkylation sites (N-methyl/N-ethyl adjacent to an activating group) is 1. The van der Waals surface area contributed by atoms with E-state index in [4.69, 9.17) is 0 Å². The Bertz CT molecular complexity index is 760. The van der Waals surface area contributed by atoms with E-state index in [1.165, 1.54) is 11.9 Å². The van der Waals surface area contributed by atoms with Gasteiger partial charge in [0.25, 0.3) is 11.8 Å². The Hall–Kier alpha value is -2.11. The van der Waals surface area contributed by atoms with E-state index < -0.39 is 26.6 Å². The molecule has 0 atom stereocenters. The van der Waals surface area contributed by atoms with Gasteiger partial charge in [0.05, 0.1) is 0 Å². The zero-order valence-corrected chi connectivity index (χ0v) is 15.1. The lowest BCUT2D eigenvalue weighted by atomic mass is 10.3. The number of benzene rings is 1. The van der Waals surface area contributed by atoms with E-state index in [0.29, 0.717) is 0 Å². The molecule has 1 aromatic carbocycles. The van der Waals surface area contributed by atoms with Gasteiger partial charge in [-0.15, -0.1) is 0 Å². The summed E-state index contributed by atoms with van der Waals surface area (Å²) in [5.41, 5.74) is 0. The predicted octanol–water partition coefficient (Wildman–Crippen LogP) is -1.89. The maximum absolute atomic E-state index is 13.8. The molecule has 1 aliphatic heterocycles. The summed E-state index contributed by atoms with van der Waals surface area (Å²) in [5.74, 6) is -2.73. The second-order valence-electron chi connectivity index (χ2n) is 5.71. The zero-order valence-electron chi connectivity index (χ0n) is 14.2. The van der Waals surface area contributed by atoms with Crippen LogP contribution in [0.2, 0.25) is 0 Å². The minimum absolute atomic E-state index is 0.0577. The molecule has 0 spiro atoms. The van der Waals surface area contributed by atoms with Crippen LogP contribution in [0.25, 0.3) is 0 Å². The van der Waals surface area contributed by atoms with Crippen molar-refractivity contribution in [2.24, 2.45) is 0 Å². The van der Waals surface area contributed by atoms with Crippen molar-refractivity contribution in [3.8, 4) is 0 Å². The molecule has 1 aromatic rings. The van der Waals surface area contributed by atoms with Crippen molar-refractivity contribution in [2.75, 3.05) is 46.3 Å². The number of hydrogen-bond acceptors (Lipinski definition) is 4. The average Bonchev–Trinajstić information content (AvgIpc) is 2.61. The van der Waals surface area contributed by atoms with Crippen LogP contribution in [0.4, 0.5) is 8.78 Å². The molecule has 0 aromatic heterocycles. The molecule has 1 saturated heterocycles. The lowest BCUT2D eigenvalue weighted by Gasteiger charge is -2.33. The topological polar surface area (TPSA) is 103 Å². The summed E-state index contributed by atoms with van der Waals surface area (Å²) < 4.78 is 53.5. The summed E-state index contributed by atoms with van der Waals surface area (Å²) in [4.78, 5) is 23.7. The van der Waals surface area contributed by atoms with Gasteiger partial charge in [-0.05, 0) is 12.1 Å². The fourth-order valence-electron chi connectivity index (χ4n) is 2.59. The highest BCUT2D eigenvalue weighted by molar-refractivity contribution is 7.89. The molecule has 0 radical (unpaired) electrons. The molecular formula is C15H21F2N4O4S+. The third-order valence-corrected chi connectivity index (χ3v) is 5.99. The van der Waals surface area contributed by atoms with Crippen LogP contribution < -0.4 is 10.6 Å². The number of carbonyl (C=O) groups excluding carboxylic acids is 2. The minimum Gasteiger partial charge on any atom is -0.354 e. The fourth-order valence-corrected chi connectivity index (χ4v) is 4.12. The number of rotatable bonds is 6. The summed E-state index contributed by atoms with van der Waals surface area (Å²) in [6, 6.07) is 2.87. The van der Waals surface area contributed by atoms with Gasteiger partial charge in [-0.3, -0.25) is 9.59 Å². The second kappa shape index (κ2) is 8.52. The highest BCUT2D eigenvalue weighted by Gasteiger charge is 2.34. The van der Waals surface area contributed by atoms with Crippen LogP contribution in [0.5, 0.6) is 0 Å². The van der Waals surface area contributed by atoms with Crippen LogP contribution in [-0.2, 0) is 19.6 Å². The molecule has 144 valence electrons. The number of sulfonamides is 1. The molecule has 26 heavy (non-hydrogen) atoms. The first-order valence-electron chi connectivity index (χ1n) is 8.01. The number of carbonyl (C=O) groups is 2. The molecule has 11 heteroatoms. The van der Waals surface area contributed by atoms with Crippen LogP contribution in [0.15, 0.2) is 23.1 Å².